The lowest BCUT2D eigenvalue weighted by molar-refractivity contribution is 1.07. The molecule has 3 nitrogen and oxygen atoms in total. The van der Waals surface area contributed by atoms with Gasteiger partial charge in [-0.3, -0.25) is 0 Å². The first kappa shape index (κ1) is 43.7. The molecule has 11 aromatic carbocycles. The van der Waals surface area contributed by atoms with Crippen LogP contribution >= 0.6 is 0 Å². The van der Waals surface area contributed by atoms with E-state index in [1.807, 2.05) is 24.3 Å². The quantitative estimate of drug-likeness (QED) is 0.130. The summed E-state index contributed by atoms with van der Waals surface area (Å²) in [6.45, 7) is 0. The van der Waals surface area contributed by atoms with Crippen molar-refractivity contribution in [2.45, 2.75) is 0 Å². The molecular formula is C69H47N3. The topological polar surface area (TPSA) is 38.7 Å². The lowest BCUT2D eigenvalue weighted by Crippen LogP contribution is -2.03. The standard InChI is InChI=1S/C69H47N3/c1-9-27-48(28-10-1)56-45-57(47-58(46-56)68-70-67(55-41-23-8-24-42-55)71-69(72-68)60-44-26-25-43-59(60)49-29-11-2-12-30-49)66-64(53-37-19-6-20-38-53)62(51-33-15-4-16-34-51)61(50-31-13-3-14-32-50)63(52-35-17-5-18-36-52)65(66)54-39-21-7-22-40-54/h1-47H. The Bertz CT molecular complexity index is 3690. The van der Waals surface area contributed by atoms with Gasteiger partial charge in [-0.1, -0.05) is 267 Å². The van der Waals surface area contributed by atoms with Gasteiger partial charge in [-0.05, 0) is 107 Å². The monoisotopic (exact) mass is 917 g/mol. The smallest absolute Gasteiger partial charge is 0.164 e. The number of rotatable bonds is 11. The maximum atomic E-state index is 5.48. The van der Waals surface area contributed by atoms with E-state index in [0.717, 1.165) is 100 Å². The highest BCUT2D eigenvalue weighted by atomic mass is 15.0. The third kappa shape index (κ3) is 8.61. The van der Waals surface area contributed by atoms with E-state index in [9.17, 15) is 0 Å². The lowest BCUT2D eigenvalue weighted by Gasteiger charge is -2.29. The predicted molar refractivity (Wildman–Crippen MR) is 300 cm³/mol. The Morgan fingerprint density at radius 3 is 0.792 bits per heavy atom. The van der Waals surface area contributed by atoms with Crippen molar-refractivity contribution in [3.63, 3.8) is 0 Å². The van der Waals surface area contributed by atoms with Crippen LogP contribution in [0.15, 0.2) is 285 Å². The van der Waals surface area contributed by atoms with Crippen molar-refractivity contribution >= 4 is 0 Å². The maximum absolute atomic E-state index is 5.48. The number of hydrogen-bond acceptors (Lipinski definition) is 3. The minimum absolute atomic E-state index is 0.579. The number of hydrogen-bond donors (Lipinski definition) is 0. The van der Waals surface area contributed by atoms with Gasteiger partial charge in [0.2, 0.25) is 0 Å². The van der Waals surface area contributed by atoms with E-state index in [1.54, 1.807) is 0 Å². The molecular weight excluding hydrogens is 871 g/mol. The normalized spacial score (nSPS) is 11.1. The Hall–Kier alpha value is -9.57. The van der Waals surface area contributed by atoms with Crippen LogP contribution in [0.25, 0.3) is 123 Å². The summed E-state index contributed by atoms with van der Waals surface area (Å²) in [5, 5.41) is 0. The molecule has 0 aliphatic rings. The van der Waals surface area contributed by atoms with Gasteiger partial charge < -0.3 is 0 Å². The van der Waals surface area contributed by atoms with Crippen LogP contribution in [0, 0.1) is 0 Å². The van der Waals surface area contributed by atoms with E-state index in [2.05, 4.69) is 261 Å². The molecule has 0 aliphatic carbocycles. The first-order valence-electron chi connectivity index (χ1n) is 24.4. The van der Waals surface area contributed by atoms with Crippen LogP contribution in [-0.2, 0) is 0 Å². The summed E-state index contributed by atoms with van der Waals surface area (Å²) in [5.41, 5.74) is 20.5. The Labute approximate surface area is 421 Å². The minimum Gasteiger partial charge on any atom is -0.208 e. The largest absolute Gasteiger partial charge is 0.208 e. The molecule has 72 heavy (non-hydrogen) atoms. The van der Waals surface area contributed by atoms with Crippen molar-refractivity contribution in [2.75, 3.05) is 0 Å². The molecule has 0 radical (unpaired) electrons. The second kappa shape index (κ2) is 19.8. The summed E-state index contributed by atoms with van der Waals surface area (Å²) in [6, 6.07) is 101. The molecule has 0 unspecified atom stereocenters. The van der Waals surface area contributed by atoms with Crippen molar-refractivity contribution in [2.24, 2.45) is 0 Å². The molecule has 12 rings (SSSR count). The molecule has 0 saturated heterocycles. The Morgan fingerprint density at radius 1 is 0.153 bits per heavy atom. The number of benzene rings is 11. The molecule has 0 fully saturated rings. The van der Waals surface area contributed by atoms with Gasteiger partial charge in [0.05, 0.1) is 0 Å². The first-order chi connectivity index (χ1) is 35.7. The van der Waals surface area contributed by atoms with Gasteiger partial charge >= 0.3 is 0 Å². The van der Waals surface area contributed by atoms with Gasteiger partial charge in [0.15, 0.2) is 17.5 Å². The van der Waals surface area contributed by atoms with Gasteiger partial charge in [-0.25, -0.2) is 15.0 Å². The average molecular weight is 918 g/mol. The fourth-order valence-electron chi connectivity index (χ4n) is 10.1. The van der Waals surface area contributed by atoms with Gasteiger partial charge in [-0.15, -0.1) is 0 Å². The predicted octanol–water partition coefficient (Wildman–Crippen LogP) is 18.2. The van der Waals surface area contributed by atoms with Crippen LogP contribution in [0.5, 0.6) is 0 Å². The van der Waals surface area contributed by atoms with Crippen LogP contribution in [0.1, 0.15) is 0 Å². The van der Waals surface area contributed by atoms with Crippen LogP contribution in [-0.4, -0.2) is 15.0 Å². The second-order valence-electron chi connectivity index (χ2n) is 17.8. The van der Waals surface area contributed by atoms with Crippen molar-refractivity contribution < 1.29 is 0 Å². The third-order valence-corrected chi connectivity index (χ3v) is 13.3. The zero-order valence-electron chi connectivity index (χ0n) is 39.5. The average Bonchev–Trinajstić information content (AvgIpc) is 3.48. The van der Waals surface area contributed by atoms with Gasteiger partial charge in [-0.2, -0.15) is 0 Å². The highest BCUT2D eigenvalue weighted by molar-refractivity contribution is 6.15. The number of aromatic nitrogens is 3. The van der Waals surface area contributed by atoms with Crippen molar-refractivity contribution in [3.8, 4) is 123 Å². The summed E-state index contributed by atoms with van der Waals surface area (Å²) in [4.78, 5) is 16.1. The van der Waals surface area contributed by atoms with E-state index >= 15 is 0 Å². The molecule has 1 aromatic heterocycles. The summed E-state index contributed by atoms with van der Waals surface area (Å²) in [7, 11) is 0. The first-order valence-corrected chi connectivity index (χ1v) is 24.4. The molecule has 0 N–H and O–H groups in total. The van der Waals surface area contributed by atoms with Crippen LogP contribution in [0.3, 0.4) is 0 Å². The maximum Gasteiger partial charge on any atom is 0.164 e. The molecule has 0 atom stereocenters. The Morgan fingerprint density at radius 2 is 0.403 bits per heavy atom. The highest BCUT2D eigenvalue weighted by Gasteiger charge is 2.30. The molecule has 0 amide bonds. The van der Waals surface area contributed by atoms with E-state index in [1.165, 1.54) is 5.56 Å². The van der Waals surface area contributed by atoms with Gasteiger partial charge in [0.1, 0.15) is 0 Å². The lowest BCUT2D eigenvalue weighted by atomic mass is 9.74. The van der Waals surface area contributed by atoms with E-state index < -0.39 is 0 Å². The molecule has 0 bridgehead atoms. The van der Waals surface area contributed by atoms with Crippen LogP contribution in [0.2, 0.25) is 0 Å². The molecule has 3 heteroatoms. The summed E-state index contributed by atoms with van der Waals surface area (Å²) in [5.74, 6) is 1.78. The third-order valence-electron chi connectivity index (χ3n) is 13.3. The fourth-order valence-corrected chi connectivity index (χ4v) is 10.1. The number of nitrogens with zero attached hydrogens (tertiary/aromatic N) is 3. The summed E-state index contributed by atoms with van der Waals surface area (Å²) >= 11 is 0. The fraction of sp³-hybridized carbons (Fsp3) is 0. The van der Waals surface area contributed by atoms with Crippen molar-refractivity contribution in [1.29, 1.82) is 0 Å². The van der Waals surface area contributed by atoms with E-state index in [0.29, 0.717) is 17.5 Å². The SMILES string of the molecule is c1ccc(-c2cc(-c3nc(-c4ccccc4)nc(-c4ccccc4-c4ccccc4)n3)cc(-c3c(-c4ccccc4)c(-c4ccccc4)c(-c4ccccc4)c(-c4ccccc4)c3-c3ccccc3)c2)cc1. The molecule has 0 spiro atoms. The van der Waals surface area contributed by atoms with Crippen molar-refractivity contribution in [1.82, 2.24) is 15.0 Å². The Balaban J connectivity index is 1.25. The zero-order chi connectivity index (χ0) is 48.1. The van der Waals surface area contributed by atoms with E-state index in [4.69, 9.17) is 15.0 Å². The zero-order valence-corrected chi connectivity index (χ0v) is 39.5. The minimum atomic E-state index is 0.579. The van der Waals surface area contributed by atoms with E-state index in [-0.39, 0.29) is 0 Å². The van der Waals surface area contributed by atoms with Crippen molar-refractivity contribution in [3.05, 3.63) is 285 Å². The summed E-state index contributed by atoms with van der Waals surface area (Å²) < 4.78 is 0. The molecule has 338 valence electrons. The van der Waals surface area contributed by atoms with Gasteiger partial charge in [0, 0.05) is 16.7 Å². The van der Waals surface area contributed by atoms with Crippen LogP contribution in [0.4, 0.5) is 0 Å². The highest BCUT2D eigenvalue weighted by Crippen LogP contribution is 2.56. The molecule has 1 heterocycles. The Kier molecular flexibility index (Phi) is 12.0. The summed E-state index contributed by atoms with van der Waals surface area (Å²) in [6.07, 6.45) is 0. The molecule has 12 aromatic rings. The molecule has 0 saturated carbocycles. The second-order valence-corrected chi connectivity index (χ2v) is 17.8. The van der Waals surface area contributed by atoms with Crippen LogP contribution < -0.4 is 0 Å². The molecule has 0 aliphatic heterocycles. The van der Waals surface area contributed by atoms with Gasteiger partial charge in [0.25, 0.3) is 0 Å².